The van der Waals surface area contributed by atoms with E-state index in [0.29, 0.717) is 0 Å². The molecule has 0 aliphatic rings. The van der Waals surface area contributed by atoms with Crippen LogP contribution < -0.4 is 4.74 Å². The third-order valence-corrected chi connectivity index (χ3v) is 2.50. The fourth-order valence-electron chi connectivity index (χ4n) is 1.03. The molecule has 0 aliphatic carbocycles. The van der Waals surface area contributed by atoms with Gasteiger partial charge in [-0.25, -0.2) is 0 Å². The fraction of sp³-hybridized carbons (Fsp3) is 0.200. The Labute approximate surface area is 75.9 Å². The van der Waals surface area contributed by atoms with E-state index in [1.54, 1.807) is 7.11 Å². The van der Waals surface area contributed by atoms with E-state index in [0.717, 1.165) is 21.3 Å². The molecule has 2 radical (unpaired) electrons. The number of methoxy groups -OCH3 is 1. The Bertz CT molecular complexity index is 258. The summed E-state index contributed by atoms with van der Waals surface area (Å²) < 4.78 is 5.21. The van der Waals surface area contributed by atoms with Crippen molar-refractivity contribution in [2.45, 2.75) is 6.04 Å². The normalized spacial score (nSPS) is 9.42. The van der Waals surface area contributed by atoms with Crippen LogP contribution in [0.2, 0.25) is 0 Å². The lowest BCUT2D eigenvalue weighted by molar-refractivity contribution is 0.411. The van der Waals surface area contributed by atoms with Crippen LogP contribution in [-0.2, 0) is 6.04 Å². The number of rotatable bonds is 4. The molecular formula is C10H12OSi. The number of ether oxygens (including phenoxy) is 1. The van der Waals surface area contributed by atoms with Gasteiger partial charge < -0.3 is 4.74 Å². The lowest BCUT2D eigenvalue weighted by Crippen LogP contribution is -1.96. The summed E-state index contributed by atoms with van der Waals surface area (Å²) >= 11 is 0. The summed E-state index contributed by atoms with van der Waals surface area (Å²) in [5.41, 5.74) is 3.21. The molecule has 0 N–H and O–H groups in total. The smallest absolute Gasteiger partial charge is 0.121 e. The molecule has 1 rings (SSSR count). The molecule has 0 spiro atoms. The van der Waals surface area contributed by atoms with Gasteiger partial charge in [-0.2, -0.15) is 0 Å². The van der Waals surface area contributed by atoms with Crippen LogP contribution in [0.15, 0.2) is 36.5 Å². The van der Waals surface area contributed by atoms with Crippen molar-refractivity contribution >= 4 is 9.52 Å². The summed E-state index contributed by atoms with van der Waals surface area (Å²) in [4.78, 5) is 0. The highest BCUT2D eigenvalue weighted by atomic mass is 28.2. The lowest BCUT2D eigenvalue weighted by Gasteiger charge is -2.05. The van der Waals surface area contributed by atoms with Crippen molar-refractivity contribution in [3.05, 3.63) is 42.1 Å². The molecule has 0 fully saturated rings. The minimum absolute atomic E-state index is 0.776. The first-order chi connectivity index (χ1) is 5.88. The quantitative estimate of drug-likeness (QED) is 0.638. The molecule has 0 atom stereocenters. The Morgan fingerprint density at radius 3 is 2.92 bits per heavy atom. The highest BCUT2D eigenvalue weighted by Crippen LogP contribution is 2.16. The topological polar surface area (TPSA) is 9.23 Å². The van der Waals surface area contributed by atoms with Crippen LogP contribution in [0.5, 0.6) is 5.75 Å². The van der Waals surface area contributed by atoms with Crippen LogP contribution in [0.3, 0.4) is 0 Å². The van der Waals surface area contributed by atoms with Gasteiger partial charge in [-0.1, -0.05) is 18.2 Å². The predicted molar refractivity (Wildman–Crippen MR) is 52.6 cm³/mol. The van der Waals surface area contributed by atoms with Gasteiger partial charge in [0.2, 0.25) is 0 Å². The zero-order valence-corrected chi connectivity index (χ0v) is 8.21. The van der Waals surface area contributed by atoms with Crippen molar-refractivity contribution in [1.29, 1.82) is 0 Å². The zero-order chi connectivity index (χ0) is 8.81. The summed E-state index contributed by atoms with van der Waals surface area (Å²) in [6.07, 6.45) is 0. The standard InChI is InChI=1S/C10H12OSi/c1-3-12-8-9-6-4-5-7-10(9)11-2/h3-7H,1,8H2,2H3. The molecule has 12 heavy (non-hydrogen) atoms. The first-order valence-electron chi connectivity index (χ1n) is 3.84. The van der Waals surface area contributed by atoms with Gasteiger partial charge in [0.25, 0.3) is 0 Å². The number of benzene rings is 1. The summed E-state index contributed by atoms with van der Waals surface area (Å²) in [6.45, 7) is 3.70. The van der Waals surface area contributed by atoms with Crippen LogP contribution >= 0.6 is 0 Å². The number of hydrogen-bond acceptors (Lipinski definition) is 1. The minimum Gasteiger partial charge on any atom is -0.496 e. The second kappa shape index (κ2) is 4.77. The van der Waals surface area contributed by atoms with Crippen molar-refractivity contribution in [1.82, 2.24) is 0 Å². The molecule has 1 nitrogen and oxygen atoms in total. The van der Waals surface area contributed by atoms with Crippen LogP contribution in [0, 0.1) is 0 Å². The predicted octanol–water partition coefficient (Wildman–Crippen LogP) is 2.04. The van der Waals surface area contributed by atoms with Gasteiger partial charge in [-0.05, 0) is 17.7 Å². The van der Waals surface area contributed by atoms with Crippen LogP contribution in [0.1, 0.15) is 5.56 Å². The van der Waals surface area contributed by atoms with E-state index in [-0.39, 0.29) is 0 Å². The largest absolute Gasteiger partial charge is 0.496 e. The van der Waals surface area contributed by atoms with Gasteiger partial charge in [0, 0.05) is 0 Å². The van der Waals surface area contributed by atoms with Gasteiger partial charge in [-0.15, -0.1) is 12.3 Å². The third kappa shape index (κ3) is 2.24. The van der Waals surface area contributed by atoms with E-state index < -0.39 is 0 Å². The molecule has 0 saturated heterocycles. The van der Waals surface area contributed by atoms with E-state index in [1.165, 1.54) is 5.56 Å². The second-order valence-electron chi connectivity index (χ2n) is 2.40. The maximum atomic E-state index is 5.21. The van der Waals surface area contributed by atoms with E-state index in [9.17, 15) is 0 Å². The maximum absolute atomic E-state index is 5.21. The Morgan fingerprint density at radius 1 is 1.50 bits per heavy atom. The molecule has 2 heteroatoms. The van der Waals surface area contributed by atoms with Gasteiger partial charge in [-0.3, -0.25) is 0 Å². The van der Waals surface area contributed by atoms with Crippen LogP contribution in [0.25, 0.3) is 0 Å². The maximum Gasteiger partial charge on any atom is 0.121 e. The Morgan fingerprint density at radius 2 is 2.25 bits per heavy atom. The Balaban J connectivity index is 2.74. The van der Waals surface area contributed by atoms with E-state index >= 15 is 0 Å². The van der Waals surface area contributed by atoms with E-state index in [1.807, 2.05) is 23.9 Å². The van der Waals surface area contributed by atoms with Crippen LogP contribution in [0.4, 0.5) is 0 Å². The third-order valence-electron chi connectivity index (χ3n) is 1.63. The van der Waals surface area contributed by atoms with Crippen LogP contribution in [-0.4, -0.2) is 16.6 Å². The van der Waals surface area contributed by atoms with E-state index in [2.05, 4.69) is 12.6 Å². The van der Waals surface area contributed by atoms with E-state index in [4.69, 9.17) is 4.74 Å². The van der Waals surface area contributed by atoms with Crippen molar-refractivity contribution in [2.75, 3.05) is 7.11 Å². The molecular weight excluding hydrogens is 164 g/mol. The van der Waals surface area contributed by atoms with Gasteiger partial charge in [0.05, 0.1) is 16.6 Å². The highest BCUT2D eigenvalue weighted by Gasteiger charge is 1.98. The summed E-state index contributed by atoms with van der Waals surface area (Å²) in [5.74, 6) is 0.979. The summed E-state index contributed by atoms with van der Waals surface area (Å²) in [6, 6.07) is 9.14. The molecule has 0 heterocycles. The molecule has 0 amide bonds. The number of hydrogen-bond donors (Lipinski definition) is 0. The number of para-hydroxylation sites is 1. The SMILES string of the molecule is C=C[Si]Cc1ccccc1OC. The Kier molecular flexibility index (Phi) is 3.61. The van der Waals surface area contributed by atoms with Crippen molar-refractivity contribution in [2.24, 2.45) is 0 Å². The molecule has 0 saturated carbocycles. The van der Waals surface area contributed by atoms with Gasteiger partial charge >= 0.3 is 0 Å². The average Bonchev–Trinajstić information content (AvgIpc) is 2.15. The highest BCUT2D eigenvalue weighted by molar-refractivity contribution is 6.41. The van der Waals surface area contributed by atoms with Gasteiger partial charge in [0.15, 0.2) is 0 Å². The van der Waals surface area contributed by atoms with Crippen molar-refractivity contribution in [3.63, 3.8) is 0 Å². The Hall–Kier alpha value is -1.02. The molecule has 0 unspecified atom stereocenters. The second-order valence-corrected chi connectivity index (χ2v) is 3.57. The first-order valence-corrected chi connectivity index (χ1v) is 5.13. The van der Waals surface area contributed by atoms with Crippen molar-refractivity contribution in [3.8, 4) is 5.75 Å². The monoisotopic (exact) mass is 176 g/mol. The fourth-order valence-corrected chi connectivity index (χ4v) is 1.69. The van der Waals surface area contributed by atoms with Gasteiger partial charge in [0.1, 0.15) is 5.75 Å². The minimum atomic E-state index is 0.776. The average molecular weight is 176 g/mol. The lowest BCUT2D eigenvalue weighted by atomic mass is 10.2. The zero-order valence-electron chi connectivity index (χ0n) is 7.21. The molecule has 0 bridgehead atoms. The molecule has 0 aliphatic heterocycles. The molecule has 1 aromatic rings. The summed E-state index contributed by atoms with van der Waals surface area (Å²) in [7, 11) is 2.48. The molecule has 1 aromatic carbocycles. The molecule has 0 aromatic heterocycles. The summed E-state index contributed by atoms with van der Waals surface area (Å²) in [5, 5.41) is 0. The molecule has 62 valence electrons. The first kappa shape index (κ1) is 9.07. The van der Waals surface area contributed by atoms with Crippen molar-refractivity contribution < 1.29 is 4.74 Å².